The van der Waals surface area contributed by atoms with Gasteiger partial charge in [0.2, 0.25) is 0 Å². The van der Waals surface area contributed by atoms with Crippen molar-refractivity contribution in [2.75, 3.05) is 0 Å². The van der Waals surface area contributed by atoms with Crippen LogP contribution in [0.5, 0.6) is 5.75 Å². The van der Waals surface area contributed by atoms with Gasteiger partial charge < -0.3 is 10.1 Å². The minimum Gasteiger partial charge on any atom is -0.507 e. The molecule has 0 radical (unpaired) electrons. The molecule has 3 N–H and O–H groups in total. The molecule has 0 atom stereocenters. The van der Waals surface area contributed by atoms with E-state index in [9.17, 15) is 18.3 Å². The molecule has 84 valence electrons. The Morgan fingerprint density at radius 3 is 2.50 bits per heavy atom. The Bertz CT molecular complexity index is 716. The van der Waals surface area contributed by atoms with Gasteiger partial charge in [0.1, 0.15) is 5.75 Å². The molecule has 2 aromatic rings. The molecule has 0 bridgehead atoms. The summed E-state index contributed by atoms with van der Waals surface area (Å²) in [6, 6.07) is 4.49. The summed E-state index contributed by atoms with van der Waals surface area (Å²) in [5.41, 5.74) is -0.419. The molecule has 1 aromatic heterocycles. The normalized spacial score (nSPS) is 11.8. The number of aromatic nitrogens is 1. The van der Waals surface area contributed by atoms with Crippen molar-refractivity contribution in [3.63, 3.8) is 0 Å². The largest absolute Gasteiger partial charge is 0.507 e. The molecule has 2 rings (SSSR count). The number of fused-ring (bicyclic) bond motifs is 1. The van der Waals surface area contributed by atoms with Gasteiger partial charge in [0, 0.05) is 11.5 Å². The van der Waals surface area contributed by atoms with Gasteiger partial charge in [-0.2, -0.15) is 8.42 Å². The van der Waals surface area contributed by atoms with Crippen molar-refractivity contribution in [2.24, 2.45) is 0 Å². The van der Waals surface area contributed by atoms with Crippen molar-refractivity contribution in [1.29, 1.82) is 0 Å². The van der Waals surface area contributed by atoms with Gasteiger partial charge >= 0.3 is 0 Å². The van der Waals surface area contributed by atoms with Crippen LogP contribution in [-0.4, -0.2) is 23.1 Å². The van der Waals surface area contributed by atoms with Crippen LogP contribution in [0.3, 0.4) is 0 Å². The maximum atomic E-state index is 11.0. The van der Waals surface area contributed by atoms with Gasteiger partial charge in [-0.1, -0.05) is 0 Å². The Morgan fingerprint density at radius 1 is 1.19 bits per heavy atom. The van der Waals surface area contributed by atoms with Gasteiger partial charge in [-0.15, -0.1) is 0 Å². The first-order valence-electron chi connectivity index (χ1n) is 4.21. The number of pyridine rings is 1. The number of hydrogen-bond acceptors (Lipinski definition) is 4. The minimum absolute atomic E-state index is 0.139. The van der Waals surface area contributed by atoms with E-state index >= 15 is 0 Å². The lowest BCUT2D eigenvalue weighted by Crippen LogP contribution is -2.04. The van der Waals surface area contributed by atoms with Crippen molar-refractivity contribution in [3.05, 3.63) is 34.6 Å². The zero-order valence-electron chi connectivity index (χ0n) is 7.84. The van der Waals surface area contributed by atoms with Crippen LogP contribution in [-0.2, 0) is 10.1 Å². The highest BCUT2D eigenvalue weighted by molar-refractivity contribution is 7.85. The summed E-state index contributed by atoms with van der Waals surface area (Å²) < 4.78 is 30.5. The van der Waals surface area contributed by atoms with Crippen LogP contribution in [0.25, 0.3) is 10.9 Å². The van der Waals surface area contributed by atoms with Gasteiger partial charge in [-0.05, 0) is 18.2 Å². The fraction of sp³-hybridized carbons (Fsp3) is 0. The fourth-order valence-corrected chi connectivity index (χ4v) is 1.89. The maximum Gasteiger partial charge on any atom is 0.294 e. The summed E-state index contributed by atoms with van der Waals surface area (Å²) >= 11 is 0. The highest BCUT2D eigenvalue weighted by atomic mass is 32.2. The average Bonchev–Trinajstić information content (AvgIpc) is 2.15. The van der Waals surface area contributed by atoms with E-state index < -0.39 is 15.7 Å². The predicted octanol–water partition coefficient (Wildman–Crippen LogP) is 0.480. The molecule has 16 heavy (non-hydrogen) atoms. The molecule has 0 spiro atoms. The van der Waals surface area contributed by atoms with Crippen molar-refractivity contribution >= 4 is 21.0 Å². The number of hydrogen-bond donors (Lipinski definition) is 3. The van der Waals surface area contributed by atoms with Crippen LogP contribution in [0.2, 0.25) is 0 Å². The molecule has 0 unspecified atom stereocenters. The smallest absolute Gasteiger partial charge is 0.294 e. The lowest BCUT2D eigenvalue weighted by molar-refractivity contribution is 0.479. The van der Waals surface area contributed by atoms with Crippen LogP contribution in [0, 0.1) is 0 Å². The molecule has 0 amide bonds. The molecule has 6 nitrogen and oxygen atoms in total. The summed E-state index contributed by atoms with van der Waals surface area (Å²) in [6.07, 6.45) is 0. The van der Waals surface area contributed by atoms with Gasteiger partial charge in [0.05, 0.1) is 10.4 Å². The number of aromatic hydroxyl groups is 1. The van der Waals surface area contributed by atoms with Crippen LogP contribution < -0.4 is 5.56 Å². The number of aromatic amines is 1. The van der Waals surface area contributed by atoms with E-state index in [1.165, 1.54) is 6.07 Å². The van der Waals surface area contributed by atoms with Crippen LogP contribution >= 0.6 is 0 Å². The van der Waals surface area contributed by atoms with E-state index in [2.05, 4.69) is 4.98 Å². The molecule has 7 heteroatoms. The third-order valence-corrected chi connectivity index (χ3v) is 2.94. The second kappa shape index (κ2) is 3.32. The van der Waals surface area contributed by atoms with Crippen LogP contribution in [0.1, 0.15) is 0 Å². The second-order valence-electron chi connectivity index (χ2n) is 3.20. The van der Waals surface area contributed by atoms with Crippen molar-refractivity contribution in [3.8, 4) is 5.75 Å². The Labute approximate surface area is 89.9 Å². The van der Waals surface area contributed by atoms with Crippen molar-refractivity contribution in [1.82, 2.24) is 4.98 Å². The van der Waals surface area contributed by atoms with E-state index in [1.54, 1.807) is 0 Å². The molecule has 0 aliphatic rings. The van der Waals surface area contributed by atoms with E-state index in [0.29, 0.717) is 5.39 Å². The summed E-state index contributed by atoms with van der Waals surface area (Å²) in [5, 5.41) is 9.71. The minimum atomic E-state index is -4.32. The van der Waals surface area contributed by atoms with E-state index in [1.807, 2.05) is 0 Å². The first kappa shape index (κ1) is 10.7. The number of rotatable bonds is 1. The SMILES string of the molecule is O=c1cc(O)c2ccc(S(=O)(=O)O)cc2[nH]1. The Balaban J connectivity index is 2.87. The van der Waals surface area contributed by atoms with Crippen molar-refractivity contribution < 1.29 is 18.1 Å². The Kier molecular flexibility index (Phi) is 2.21. The molecular formula is C9H7NO5S. The van der Waals surface area contributed by atoms with Gasteiger partial charge in [-0.3, -0.25) is 9.35 Å². The van der Waals surface area contributed by atoms with E-state index in [0.717, 1.165) is 18.2 Å². The summed E-state index contributed by atoms with van der Waals surface area (Å²) in [4.78, 5) is 13.0. The van der Waals surface area contributed by atoms with Crippen LogP contribution in [0.4, 0.5) is 0 Å². The van der Waals surface area contributed by atoms with E-state index in [4.69, 9.17) is 4.55 Å². The first-order valence-corrected chi connectivity index (χ1v) is 5.65. The van der Waals surface area contributed by atoms with Gasteiger partial charge in [0.25, 0.3) is 15.7 Å². The Hall–Kier alpha value is -1.86. The second-order valence-corrected chi connectivity index (χ2v) is 4.62. The first-order chi connectivity index (χ1) is 7.38. The lowest BCUT2D eigenvalue weighted by Gasteiger charge is -2.02. The quantitative estimate of drug-likeness (QED) is 0.629. The zero-order valence-corrected chi connectivity index (χ0v) is 8.65. The fourth-order valence-electron chi connectivity index (χ4n) is 1.38. The maximum absolute atomic E-state index is 11.0. The molecule has 0 aliphatic heterocycles. The molecule has 0 aliphatic carbocycles. The highest BCUT2D eigenvalue weighted by Gasteiger charge is 2.11. The summed E-state index contributed by atoms with van der Waals surface area (Å²) in [6.45, 7) is 0. The summed E-state index contributed by atoms with van der Waals surface area (Å²) in [7, 11) is -4.32. The average molecular weight is 241 g/mol. The molecule has 1 aromatic carbocycles. The molecule has 1 heterocycles. The monoisotopic (exact) mass is 241 g/mol. The van der Waals surface area contributed by atoms with Gasteiger partial charge in [-0.25, -0.2) is 0 Å². The van der Waals surface area contributed by atoms with Crippen LogP contribution in [0.15, 0.2) is 34.0 Å². The third kappa shape index (κ3) is 1.77. The molecule has 0 saturated carbocycles. The molecular weight excluding hydrogens is 234 g/mol. The highest BCUT2D eigenvalue weighted by Crippen LogP contribution is 2.23. The van der Waals surface area contributed by atoms with Crippen molar-refractivity contribution in [2.45, 2.75) is 4.90 Å². The van der Waals surface area contributed by atoms with Gasteiger partial charge in [0.15, 0.2) is 0 Å². The third-order valence-electron chi connectivity index (χ3n) is 2.09. The number of benzene rings is 1. The number of nitrogens with one attached hydrogen (secondary N) is 1. The van der Waals surface area contributed by atoms with E-state index in [-0.39, 0.29) is 16.2 Å². The topological polar surface area (TPSA) is 107 Å². The predicted molar refractivity (Wildman–Crippen MR) is 56.0 cm³/mol. The summed E-state index contributed by atoms with van der Waals surface area (Å²) in [5.74, 6) is -0.249. The molecule has 0 saturated heterocycles. The lowest BCUT2D eigenvalue weighted by atomic mass is 10.2. The zero-order chi connectivity index (χ0) is 11.9. The standard InChI is InChI=1S/C9H7NO5S/c11-8-4-9(12)10-7-3-5(16(13,14)15)1-2-6(7)8/h1-4H,(H2,10,11,12)(H,13,14,15). The molecule has 0 fully saturated rings. The number of H-pyrrole nitrogens is 1. The Morgan fingerprint density at radius 2 is 1.88 bits per heavy atom.